The topological polar surface area (TPSA) is 77.7 Å². The van der Waals surface area contributed by atoms with Gasteiger partial charge in [-0.05, 0) is 50.9 Å². The lowest BCUT2D eigenvalue weighted by Crippen LogP contribution is -2.56. The SMILES string of the molecule is CCN(CC)C(=O)N[C@H]1C[C@@H]2c3cc(OC(C)=O)cc4[nH]cc(c34)C[C@H]2N(C)C1. The first-order valence-corrected chi connectivity index (χ1v) is 10.5. The Morgan fingerprint density at radius 1 is 1.31 bits per heavy atom. The Kier molecular flexibility index (Phi) is 5.25. The van der Waals surface area contributed by atoms with Gasteiger partial charge in [-0.1, -0.05) is 0 Å². The molecule has 7 heteroatoms. The zero-order chi connectivity index (χ0) is 20.7. The molecular formula is C22H30N4O3. The predicted molar refractivity (Wildman–Crippen MR) is 112 cm³/mol. The summed E-state index contributed by atoms with van der Waals surface area (Å²) in [4.78, 5) is 31.6. The summed E-state index contributed by atoms with van der Waals surface area (Å²) in [6.45, 7) is 7.66. The first-order valence-electron chi connectivity index (χ1n) is 10.5. The number of ether oxygens (including phenoxy) is 1. The van der Waals surface area contributed by atoms with E-state index in [1.807, 2.05) is 30.9 Å². The number of benzene rings is 1. The van der Waals surface area contributed by atoms with Gasteiger partial charge in [-0.25, -0.2) is 4.79 Å². The number of urea groups is 1. The van der Waals surface area contributed by atoms with Gasteiger partial charge in [-0.2, -0.15) is 0 Å². The first kappa shape index (κ1) is 19.8. The van der Waals surface area contributed by atoms with Gasteiger partial charge in [0, 0.05) is 67.7 Å². The third kappa shape index (κ3) is 3.59. The van der Waals surface area contributed by atoms with Gasteiger partial charge in [0.25, 0.3) is 0 Å². The summed E-state index contributed by atoms with van der Waals surface area (Å²) in [5.41, 5.74) is 3.52. The Morgan fingerprint density at radius 2 is 2.07 bits per heavy atom. The van der Waals surface area contributed by atoms with E-state index in [4.69, 9.17) is 4.74 Å². The molecule has 1 saturated heterocycles. The minimum atomic E-state index is -0.319. The van der Waals surface area contributed by atoms with Gasteiger partial charge < -0.3 is 24.8 Å². The van der Waals surface area contributed by atoms with Crippen molar-refractivity contribution in [3.8, 4) is 5.75 Å². The molecule has 1 aliphatic carbocycles. The van der Waals surface area contributed by atoms with Gasteiger partial charge in [0.15, 0.2) is 0 Å². The number of carbonyl (C=O) groups excluding carboxylic acids is 2. The third-order valence-electron chi connectivity index (χ3n) is 6.41. The maximum absolute atomic E-state index is 12.6. The van der Waals surface area contributed by atoms with Crippen LogP contribution in [0.4, 0.5) is 4.79 Å². The fourth-order valence-electron chi connectivity index (χ4n) is 5.09. The highest BCUT2D eigenvalue weighted by Gasteiger charge is 2.40. The van der Waals surface area contributed by atoms with Gasteiger partial charge in [0.2, 0.25) is 0 Å². The number of piperidine rings is 1. The van der Waals surface area contributed by atoms with Crippen molar-refractivity contribution >= 4 is 22.9 Å². The number of likely N-dealkylation sites (tertiary alicyclic amines) is 1. The van der Waals surface area contributed by atoms with Crippen molar-refractivity contribution in [1.29, 1.82) is 0 Å². The molecule has 0 unspecified atom stereocenters. The van der Waals surface area contributed by atoms with Gasteiger partial charge in [-0.3, -0.25) is 4.79 Å². The standard InChI is InChI=1S/C22H30N4O3/c1-5-26(6-2)22(28)24-15-8-17-18-9-16(29-13(3)27)10-19-21(18)14(11-23-19)7-20(17)25(4)12-15/h9-11,15,17,20,23H,5-8,12H2,1-4H3,(H,24,28)/t15-,17+,20+/m0/s1. The lowest BCUT2D eigenvalue weighted by molar-refractivity contribution is -0.131. The number of fused-ring (bicyclic) bond motifs is 2. The molecule has 4 rings (SSSR count). The molecule has 2 N–H and O–H groups in total. The number of aromatic amines is 1. The van der Waals surface area contributed by atoms with Crippen molar-refractivity contribution in [3.05, 3.63) is 29.5 Å². The van der Waals surface area contributed by atoms with Crippen molar-refractivity contribution in [2.45, 2.75) is 51.6 Å². The fourth-order valence-corrected chi connectivity index (χ4v) is 5.09. The molecule has 2 aromatic rings. The predicted octanol–water partition coefficient (Wildman–Crippen LogP) is 2.86. The molecule has 2 amide bonds. The third-order valence-corrected chi connectivity index (χ3v) is 6.41. The maximum atomic E-state index is 12.6. The minimum Gasteiger partial charge on any atom is -0.427 e. The van der Waals surface area contributed by atoms with E-state index in [2.05, 4.69) is 28.4 Å². The molecule has 1 fully saturated rings. The number of amides is 2. The van der Waals surface area contributed by atoms with Crippen LogP contribution in [-0.4, -0.2) is 65.5 Å². The second-order valence-electron chi connectivity index (χ2n) is 8.21. The summed E-state index contributed by atoms with van der Waals surface area (Å²) in [5, 5.41) is 4.47. The highest BCUT2D eigenvalue weighted by molar-refractivity contribution is 5.90. The molecule has 3 atom stereocenters. The van der Waals surface area contributed by atoms with Gasteiger partial charge in [0.05, 0.1) is 0 Å². The van der Waals surface area contributed by atoms with Crippen molar-refractivity contribution in [1.82, 2.24) is 20.1 Å². The zero-order valence-electron chi connectivity index (χ0n) is 17.6. The molecule has 1 aliphatic heterocycles. The smallest absolute Gasteiger partial charge is 0.317 e. The highest BCUT2D eigenvalue weighted by Crippen LogP contribution is 2.44. The largest absolute Gasteiger partial charge is 0.427 e. The van der Waals surface area contributed by atoms with E-state index in [-0.39, 0.29) is 24.0 Å². The van der Waals surface area contributed by atoms with E-state index in [1.165, 1.54) is 23.4 Å². The summed E-state index contributed by atoms with van der Waals surface area (Å²) in [5.74, 6) is 0.531. The van der Waals surface area contributed by atoms with Crippen molar-refractivity contribution < 1.29 is 14.3 Å². The number of hydrogen-bond acceptors (Lipinski definition) is 4. The minimum absolute atomic E-state index is 0.00352. The molecule has 7 nitrogen and oxygen atoms in total. The maximum Gasteiger partial charge on any atom is 0.317 e. The van der Waals surface area contributed by atoms with E-state index in [9.17, 15) is 9.59 Å². The van der Waals surface area contributed by atoms with Crippen LogP contribution < -0.4 is 10.1 Å². The molecule has 29 heavy (non-hydrogen) atoms. The van der Waals surface area contributed by atoms with Crippen LogP contribution in [0.15, 0.2) is 18.3 Å². The molecule has 0 saturated carbocycles. The molecule has 1 aromatic heterocycles. The van der Waals surface area contributed by atoms with Crippen LogP contribution in [0.1, 0.15) is 44.2 Å². The lowest BCUT2D eigenvalue weighted by atomic mass is 9.74. The first-order chi connectivity index (χ1) is 13.9. The lowest BCUT2D eigenvalue weighted by Gasteiger charge is -2.46. The molecular weight excluding hydrogens is 368 g/mol. The number of nitrogens with zero attached hydrogens (tertiary/aromatic N) is 2. The van der Waals surface area contributed by atoms with Crippen LogP contribution in [0.3, 0.4) is 0 Å². The summed E-state index contributed by atoms with van der Waals surface area (Å²) >= 11 is 0. The summed E-state index contributed by atoms with van der Waals surface area (Å²) < 4.78 is 5.41. The number of nitrogens with one attached hydrogen (secondary N) is 2. The van der Waals surface area contributed by atoms with Crippen LogP contribution in [-0.2, 0) is 11.2 Å². The Labute approximate surface area is 171 Å². The number of esters is 1. The average molecular weight is 399 g/mol. The molecule has 1 aromatic carbocycles. The number of carbonyl (C=O) groups is 2. The van der Waals surface area contributed by atoms with E-state index in [0.717, 1.165) is 24.9 Å². The molecule has 156 valence electrons. The van der Waals surface area contributed by atoms with E-state index in [0.29, 0.717) is 24.9 Å². The zero-order valence-corrected chi connectivity index (χ0v) is 17.6. The van der Waals surface area contributed by atoms with E-state index in [1.54, 1.807) is 0 Å². The second-order valence-corrected chi connectivity index (χ2v) is 8.21. The van der Waals surface area contributed by atoms with Gasteiger partial charge in [-0.15, -0.1) is 0 Å². The van der Waals surface area contributed by atoms with Crippen molar-refractivity contribution in [2.75, 3.05) is 26.7 Å². The van der Waals surface area contributed by atoms with Gasteiger partial charge >= 0.3 is 12.0 Å². The molecule has 2 aliphatic rings. The summed E-state index contributed by atoms with van der Waals surface area (Å²) in [6.07, 6.45) is 3.94. The molecule has 0 spiro atoms. The number of hydrogen-bond donors (Lipinski definition) is 2. The van der Waals surface area contributed by atoms with Gasteiger partial charge in [0.1, 0.15) is 5.75 Å². The van der Waals surface area contributed by atoms with Crippen molar-refractivity contribution in [2.24, 2.45) is 0 Å². The number of H-pyrrole nitrogens is 1. The molecule has 0 radical (unpaired) electrons. The normalized spacial score (nSPS) is 23.5. The number of aromatic nitrogens is 1. The Hall–Kier alpha value is -2.54. The second kappa shape index (κ2) is 7.71. The average Bonchev–Trinajstić information content (AvgIpc) is 3.07. The quantitative estimate of drug-likeness (QED) is 0.613. The van der Waals surface area contributed by atoms with E-state index < -0.39 is 0 Å². The summed E-state index contributed by atoms with van der Waals surface area (Å²) in [7, 11) is 2.14. The van der Waals surface area contributed by atoms with Crippen LogP contribution >= 0.6 is 0 Å². The summed E-state index contributed by atoms with van der Waals surface area (Å²) in [6, 6.07) is 4.37. The number of likely N-dealkylation sites (N-methyl/N-ethyl adjacent to an activating group) is 1. The fraction of sp³-hybridized carbons (Fsp3) is 0.545. The Bertz CT molecular complexity index is 934. The monoisotopic (exact) mass is 398 g/mol. The van der Waals surface area contributed by atoms with Crippen LogP contribution in [0, 0.1) is 0 Å². The molecule has 0 bridgehead atoms. The van der Waals surface area contributed by atoms with Crippen LogP contribution in [0.2, 0.25) is 0 Å². The Balaban J connectivity index is 1.65. The van der Waals surface area contributed by atoms with Crippen molar-refractivity contribution in [3.63, 3.8) is 0 Å². The Morgan fingerprint density at radius 3 is 2.76 bits per heavy atom. The van der Waals surface area contributed by atoms with E-state index >= 15 is 0 Å². The molecule has 2 heterocycles. The highest BCUT2D eigenvalue weighted by atomic mass is 16.5. The van der Waals surface area contributed by atoms with Crippen LogP contribution in [0.5, 0.6) is 5.75 Å². The number of rotatable bonds is 4. The van der Waals surface area contributed by atoms with Crippen LogP contribution in [0.25, 0.3) is 10.9 Å².